The Morgan fingerprint density at radius 2 is 1.32 bits per heavy atom. The molecule has 0 aliphatic carbocycles. The summed E-state index contributed by atoms with van der Waals surface area (Å²) in [6, 6.07) is 3.29. The molecule has 0 bridgehead atoms. The maximum atomic E-state index is 13.4. The van der Waals surface area contributed by atoms with Crippen molar-refractivity contribution in [2.45, 2.75) is 49.1 Å². The van der Waals surface area contributed by atoms with Gasteiger partial charge in [-0.2, -0.15) is 0 Å². The van der Waals surface area contributed by atoms with E-state index in [4.69, 9.17) is 50.8 Å². The summed E-state index contributed by atoms with van der Waals surface area (Å²) in [5.74, 6) is 0.442. The topological polar surface area (TPSA) is 247 Å². The summed E-state index contributed by atoms with van der Waals surface area (Å²) >= 11 is 9.37. The molecule has 236 valence electrons. The molecule has 0 saturated carbocycles. The monoisotopic (exact) mass is 688 g/mol. The van der Waals surface area contributed by atoms with E-state index >= 15 is 0 Å². The number of rotatable bonds is 2. The van der Waals surface area contributed by atoms with Crippen LogP contribution in [0.3, 0.4) is 0 Å². The zero-order valence-corrected chi connectivity index (χ0v) is 25.8. The van der Waals surface area contributed by atoms with Gasteiger partial charge in [0.25, 0.3) is 0 Å². The Hall–Kier alpha value is -2.29. The van der Waals surface area contributed by atoms with Crippen LogP contribution in [0.15, 0.2) is 37.2 Å². The molecule has 10 atom stereocenters. The number of nitrogen functional groups attached to an aromatic ring is 2. The summed E-state index contributed by atoms with van der Waals surface area (Å²) in [5.41, 5.74) is 12.6. The van der Waals surface area contributed by atoms with Gasteiger partial charge in [-0.25, -0.2) is 24.5 Å². The first-order valence-electron chi connectivity index (χ1n) is 13.0. The molecule has 18 nitrogen and oxygen atoms in total. The molecule has 0 aromatic carbocycles. The Morgan fingerprint density at radius 3 is 1.84 bits per heavy atom. The van der Waals surface area contributed by atoms with E-state index in [2.05, 4.69) is 32.2 Å². The van der Waals surface area contributed by atoms with Crippen LogP contribution < -0.4 is 11.5 Å². The third-order valence-electron chi connectivity index (χ3n) is 7.56. The minimum Gasteiger partial charge on any atom is -0.386 e. The zero-order chi connectivity index (χ0) is 31.0. The molecule has 4 aromatic rings. The van der Waals surface area contributed by atoms with E-state index in [0.717, 1.165) is 0 Å². The van der Waals surface area contributed by atoms with E-state index in [0.29, 0.717) is 22.1 Å². The average molecular weight is 689 g/mol. The standard InChI is InChI=1S/C22H26N8O10P2S2/c23-17-9-1-3-29(19(9)27-7-25-17)21-13(31)15-11(37-21)5-35-42(34,44)40-16-12(6-36-41(33,43)39-15)38-22(14(16)32)30-4-2-10-18(24)26-8-28-20(10)30/h1-4,7-8,11-16,21-22,31-32H,5-6H2,(H,33,43)(H,34,44)(H2,23,25,27)(H2,24,26,28)/t11-,12-,13-,14-,15-,16-,21-,22-,41?,42?/m1/s1. The van der Waals surface area contributed by atoms with Crippen LogP contribution in [0, 0.1) is 0 Å². The van der Waals surface area contributed by atoms with Crippen molar-refractivity contribution in [1.29, 1.82) is 0 Å². The molecule has 3 aliphatic heterocycles. The second-order valence-electron chi connectivity index (χ2n) is 10.2. The Kier molecular flexibility index (Phi) is 7.73. The van der Waals surface area contributed by atoms with Gasteiger partial charge < -0.3 is 49.7 Å². The predicted octanol–water partition coefficient (Wildman–Crippen LogP) is 0.629. The fourth-order valence-corrected chi connectivity index (χ4v) is 8.46. The van der Waals surface area contributed by atoms with Crippen molar-refractivity contribution in [3.05, 3.63) is 37.2 Å². The normalized spacial score (nSPS) is 38.3. The number of ether oxygens (including phenoxy) is 2. The largest absolute Gasteiger partial charge is 0.386 e. The number of anilines is 2. The van der Waals surface area contributed by atoms with Crippen LogP contribution >= 0.6 is 25.8 Å². The van der Waals surface area contributed by atoms with E-state index in [1.54, 1.807) is 24.5 Å². The molecule has 2 unspecified atom stereocenters. The number of aromatic nitrogens is 6. The second-order valence-corrected chi connectivity index (χ2v) is 15.9. The van der Waals surface area contributed by atoms with Crippen molar-refractivity contribution < 1.29 is 47.2 Å². The minimum absolute atomic E-state index is 0.221. The number of nitrogens with two attached hydrogens (primary N) is 2. The van der Waals surface area contributed by atoms with Crippen LogP contribution in [0.5, 0.6) is 0 Å². The van der Waals surface area contributed by atoms with E-state index < -0.39 is 75.8 Å². The smallest absolute Gasteiger partial charge is 0.386 e. The fourth-order valence-electron chi connectivity index (χ4n) is 5.52. The molecule has 7 rings (SSSR count). The van der Waals surface area contributed by atoms with E-state index in [1.165, 1.54) is 21.8 Å². The number of hydrogen-bond acceptors (Lipinski definition) is 16. The molecule has 3 saturated heterocycles. The molecule has 7 heterocycles. The third-order valence-corrected chi connectivity index (χ3v) is 10.7. The zero-order valence-electron chi connectivity index (χ0n) is 22.3. The van der Waals surface area contributed by atoms with Crippen molar-refractivity contribution in [1.82, 2.24) is 29.1 Å². The highest BCUT2D eigenvalue weighted by molar-refractivity contribution is 8.44. The first-order chi connectivity index (χ1) is 20.9. The molecule has 3 fully saturated rings. The second kappa shape index (κ2) is 11.2. The highest BCUT2D eigenvalue weighted by Crippen LogP contribution is 2.58. The number of fused-ring (bicyclic) bond motifs is 4. The van der Waals surface area contributed by atoms with Crippen LogP contribution in [-0.4, -0.2) is 94.0 Å². The molecule has 44 heavy (non-hydrogen) atoms. The lowest BCUT2D eigenvalue weighted by atomic mass is 10.1. The Bertz CT molecular complexity index is 1700. The van der Waals surface area contributed by atoms with Crippen LogP contribution in [0.1, 0.15) is 12.5 Å². The van der Waals surface area contributed by atoms with E-state index in [9.17, 15) is 19.7 Å². The van der Waals surface area contributed by atoms with Gasteiger partial charge in [-0.1, -0.05) is 12.2 Å². The molecule has 4 aromatic heterocycles. The maximum absolute atomic E-state index is 13.4. The summed E-state index contributed by atoms with van der Waals surface area (Å²) in [7, 11) is 0. The summed E-state index contributed by atoms with van der Waals surface area (Å²) in [4.78, 5) is 27.4. The molecular weight excluding hydrogens is 662 g/mol. The quantitative estimate of drug-likeness (QED) is 0.125. The SMILES string of the molecule is Nc1ncnc2c1ccn2[C@@H]1O[C@@H]2COP(O)(=S)O[C@H]3[C@@H](O)[C@H](n4ccc5c(N)ncnc54)O[C@@H]3COP(=O)(S)O[C@H]2[C@H]1O. The highest BCUT2D eigenvalue weighted by atomic mass is 32.7. The van der Waals surface area contributed by atoms with Crippen LogP contribution in [0.25, 0.3) is 22.1 Å². The molecule has 0 amide bonds. The number of nitrogens with zero attached hydrogens (tertiary/aromatic N) is 6. The lowest BCUT2D eigenvalue weighted by Crippen LogP contribution is -2.38. The first kappa shape index (κ1) is 30.4. The van der Waals surface area contributed by atoms with Gasteiger partial charge in [0.15, 0.2) is 12.5 Å². The average Bonchev–Trinajstić information content (AvgIpc) is 3.73. The van der Waals surface area contributed by atoms with Crippen molar-refractivity contribution >= 4 is 71.3 Å². The summed E-state index contributed by atoms with van der Waals surface area (Å²) in [5, 5.41) is 23.6. The van der Waals surface area contributed by atoms with Gasteiger partial charge in [-0.3, -0.25) is 13.6 Å². The van der Waals surface area contributed by atoms with Gasteiger partial charge in [0, 0.05) is 12.4 Å². The molecular formula is C22H26N8O10P2S2. The Balaban J connectivity index is 1.17. The predicted molar refractivity (Wildman–Crippen MR) is 158 cm³/mol. The van der Waals surface area contributed by atoms with Crippen LogP contribution in [-0.2, 0) is 43.9 Å². The first-order valence-corrected chi connectivity index (χ1v) is 18.3. The lowest BCUT2D eigenvalue weighted by Gasteiger charge is -2.29. The summed E-state index contributed by atoms with van der Waals surface area (Å²) in [6.45, 7) is -9.28. The molecule has 22 heteroatoms. The van der Waals surface area contributed by atoms with Gasteiger partial charge in [0.05, 0.1) is 24.0 Å². The number of hydrogen-bond donors (Lipinski definition) is 6. The van der Waals surface area contributed by atoms with Gasteiger partial charge >= 0.3 is 13.5 Å². The van der Waals surface area contributed by atoms with Crippen LogP contribution in [0.4, 0.5) is 11.6 Å². The van der Waals surface area contributed by atoms with Gasteiger partial charge in [-0.05, 0) is 23.9 Å². The van der Waals surface area contributed by atoms with E-state index in [1.807, 2.05) is 0 Å². The third kappa shape index (κ3) is 5.32. The summed E-state index contributed by atoms with van der Waals surface area (Å²) in [6.07, 6.45) is -4.34. The lowest BCUT2D eigenvalue weighted by molar-refractivity contribution is -0.0575. The maximum Gasteiger partial charge on any atom is 0.386 e. The Morgan fingerprint density at radius 1 is 0.841 bits per heavy atom. The van der Waals surface area contributed by atoms with Gasteiger partial charge in [-0.15, -0.1) is 0 Å². The fraction of sp³-hybridized carbons (Fsp3) is 0.455. The van der Waals surface area contributed by atoms with Crippen molar-refractivity contribution in [3.63, 3.8) is 0 Å². The molecule has 0 radical (unpaired) electrons. The molecule has 0 spiro atoms. The van der Waals surface area contributed by atoms with E-state index in [-0.39, 0.29) is 11.6 Å². The van der Waals surface area contributed by atoms with Crippen molar-refractivity contribution in [3.8, 4) is 0 Å². The van der Waals surface area contributed by atoms with Crippen LogP contribution in [0.2, 0.25) is 0 Å². The number of aliphatic hydroxyl groups is 2. The minimum atomic E-state index is -4.23. The molecule has 3 aliphatic rings. The van der Waals surface area contributed by atoms with Crippen molar-refractivity contribution in [2.75, 3.05) is 24.7 Å². The number of aliphatic hydroxyl groups excluding tert-OH is 2. The molecule has 7 N–H and O–H groups in total. The Labute approximate surface area is 258 Å². The van der Waals surface area contributed by atoms with Crippen molar-refractivity contribution in [2.24, 2.45) is 0 Å². The van der Waals surface area contributed by atoms with Gasteiger partial charge in [0.2, 0.25) is 0 Å². The highest BCUT2D eigenvalue weighted by Gasteiger charge is 2.52. The number of thiol groups is 1. The summed E-state index contributed by atoms with van der Waals surface area (Å²) < 4.78 is 51.1. The van der Waals surface area contributed by atoms with Gasteiger partial charge in [0.1, 0.15) is 72.2 Å².